The highest BCUT2D eigenvalue weighted by Crippen LogP contribution is 2.23. The monoisotopic (exact) mass is 334 g/mol. The Morgan fingerprint density at radius 3 is 2.80 bits per heavy atom. The number of rotatable bonds is 3. The largest absolute Gasteiger partial charge is 0.340 e. The number of amides is 1. The number of carbonyl (C=O) groups excluding carboxylic acids is 1. The highest BCUT2D eigenvalue weighted by molar-refractivity contribution is 6.00. The summed E-state index contributed by atoms with van der Waals surface area (Å²) >= 11 is 0. The molecule has 4 rings (SSSR count). The highest BCUT2D eigenvalue weighted by atomic mass is 16.2. The van der Waals surface area contributed by atoms with E-state index in [1.54, 1.807) is 10.7 Å². The topological polar surface area (TPSA) is 40.8 Å². The SMILES string of the molecule is CN(C[C@H]1Cc2ccccc2CN1C)C(=O)c1cnn2ccccc12. The summed E-state index contributed by atoms with van der Waals surface area (Å²) in [6.07, 6.45) is 4.49. The van der Waals surface area contributed by atoms with E-state index in [0.717, 1.165) is 18.5 Å². The van der Waals surface area contributed by atoms with Gasteiger partial charge in [-0.1, -0.05) is 30.3 Å². The van der Waals surface area contributed by atoms with Crippen molar-refractivity contribution in [3.8, 4) is 0 Å². The van der Waals surface area contributed by atoms with Crippen LogP contribution in [0.25, 0.3) is 5.52 Å². The lowest BCUT2D eigenvalue weighted by atomic mass is 9.94. The molecule has 3 aromatic rings. The molecule has 0 aliphatic carbocycles. The first kappa shape index (κ1) is 15.8. The normalized spacial score (nSPS) is 17.4. The predicted octanol–water partition coefficient (Wildman–Crippen LogP) is 2.46. The van der Waals surface area contributed by atoms with Crippen LogP contribution in [0, 0.1) is 0 Å². The van der Waals surface area contributed by atoms with Crippen LogP contribution in [-0.2, 0) is 13.0 Å². The van der Waals surface area contributed by atoms with Crippen LogP contribution in [-0.4, -0.2) is 52.0 Å². The number of hydrogen-bond donors (Lipinski definition) is 0. The average molecular weight is 334 g/mol. The van der Waals surface area contributed by atoms with E-state index in [-0.39, 0.29) is 5.91 Å². The van der Waals surface area contributed by atoms with E-state index in [2.05, 4.69) is 41.3 Å². The number of likely N-dealkylation sites (N-methyl/N-ethyl adjacent to an activating group) is 2. The highest BCUT2D eigenvalue weighted by Gasteiger charge is 2.26. The Morgan fingerprint density at radius 2 is 1.96 bits per heavy atom. The first-order valence-electron chi connectivity index (χ1n) is 8.58. The van der Waals surface area contributed by atoms with E-state index in [4.69, 9.17) is 0 Å². The average Bonchev–Trinajstić information content (AvgIpc) is 3.05. The lowest BCUT2D eigenvalue weighted by molar-refractivity contribution is 0.0735. The lowest BCUT2D eigenvalue weighted by Crippen LogP contribution is -2.46. The van der Waals surface area contributed by atoms with E-state index in [1.807, 2.05) is 36.3 Å². The van der Waals surface area contributed by atoms with E-state index < -0.39 is 0 Å². The third kappa shape index (κ3) is 2.91. The molecule has 1 aliphatic heterocycles. The Morgan fingerprint density at radius 1 is 1.20 bits per heavy atom. The van der Waals surface area contributed by atoms with Crippen molar-refractivity contribution in [2.45, 2.75) is 19.0 Å². The fourth-order valence-electron chi connectivity index (χ4n) is 3.63. The summed E-state index contributed by atoms with van der Waals surface area (Å²) < 4.78 is 1.74. The second-order valence-corrected chi connectivity index (χ2v) is 6.82. The minimum Gasteiger partial charge on any atom is -0.340 e. The van der Waals surface area contributed by atoms with Crippen molar-refractivity contribution < 1.29 is 4.79 Å². The predicted molar refractivity (Wildman–Crippen MR) is 97.6 cm³/mol. The number of carbonyl (C=O) groups is 1. The second-order valence-electron chi connectivity index (χ2n) is 6.82. The van der Waals surface area contributed by atoms with Gasteiger partial charge in [-0.05, 0) is 36.7 Å². The summed E-state index contributed by atoms with van der Waals surface area (Å²) in [4.78, 5) is 17.1. The maximum Gasteiger partial charge on any atom is 0.257 e. The molecule has 0 bridgehead atoms. The molecule has 1 aromatic carbocycles. The maximum absolute atomic E-state index is 12.9. The van der Waals surface area contributed by atoms with E-state index in [1.165, 1.54) is 11.1 Å². The molecular weight excluding hydrogens is 312 g/mol. The molecule has 5 heteroatoms. The van der Waals surface area contributed by atoms with Crippen LogP contribution in [0.15, 0.2) is 54.9 Å². The van der Waals surface area contributed by atoms with Crippen molar-refractivity contribution in [2.24, 2.45) is 0 Å². The third-order valence-corrected chi connectivity index (χ3v) is 5.11. The molecule has 25 heavy (non-hydrogen) atoms. The minimum atomic E-state index is 0.0217. The van der Waals surface area contributed by atoms with Gasteiger partial charge in [-0.25, -0.2) is 4.52 Å². The second kappa shape index (κ2) is 6.33. The number of hydrogen-bond acceptors (Lipinski definition) is 3. The molecule has 0 saturated heterocycles. The molecule has 0 N–H and O–H groups in total. The van der Waals surface area contributed by atoms with Gasteiger partial charge in [0.1, 0.15) is 0 Å². The van der Waals surface area contributed by atoms with Crippen molar-refractivity contribution in [1.29, 1.82) is 0 Å². The van der Waals surface area contributed by atoms with Crippen molar-refractivity contribution in [3.05, 3.63) is 71.5 Å². The van der Waals surface area contributed by atoms with Gasteiger partial charge in [-0.2, -0.15) is 5.10 Å². The molecule has 0 radical (unpaired) electrons. The Kier molecular flexibility index (Phi) is 4.01. The van der Waals surface area contributed by atoms with E-state index >= 15 is 0 Å². The van der Waals surface area contributed by atoms with E-state index in [0.29, 0.717) is 18.2 Å². The Labute approximate surface area is 147 Å². The van der Waals surface area contributed by atoms with Gasteiger partial charge in [0.15, 0.2) is 0 Å². The molecular formula is C20H22N4O. The van der Waals surface area contributed by atoms with Crippen molar-refractivity contribution in [3.63, 3.8) is 0 Å². The number of benzene rings is 1. The molecule has 1 aliphatic rings. The molecule has 0 spiro atoms. The zero-order valence-corrected chi connectivity index (χ0v) is 14.6. The van der Waals surface area contributed by atoms with Gasteiger partial charge in [0, 0.05) is 32.4 Å². The molecule has 3 heterocycles. The number of fused-ring (bicyclic) bond motifs is 2. The van der Waals surface area contributed by atoms with Crippen LogP contribution in [0.2, 0.25) is 0 Å². The fraction of sp³-hybridized carbons (Fsp3) is 0.300. The van der Waals surface area contributed by atoms with Gasteiger partial charge in [0.2, 0.25) is 0 Å². The molecule has 0 saturated carbocycles. The van der Waals surface area contributed by atoms with Crippen LogP contribution in [0.5, 0.6) is 0 Å². The third-order valence-electron chi connectivity index (χ3n) is 5.11. The molecule has 128 valence electrons. The van der Waals surface area contributed by atoms with Crippen LogP contribution in [0.3, 0.4) is 0 Å². The zero-order valence-electron chi connectivity index (χ0n) is 14.6. The summed E-state index contributed by atoms with van der Waals surface area (Å²) in [7, 11) is 4.01. The van der Waals surface area contributed by atoms with Crippen LogP contribution >= 0.6 is 0 Å². The Hall–Kier alpha value is -2.66. The summed E-state index contributed by atoms with van der Waals surface area (Å²) in [5.41, 5.74) is 4.28. The van der Waals surface area contributed by atoms with Gasteiger partial charge in [0.05, 0.1) is 17.3 Å². The number of aromatic nitrogens is 2. The maximum atomic E-state index is 12.9. The van der Waals surface area contributed by atoms with Crippen molar-refractivity contribution in [1.82, 2.24) is 19.4 Å². The van der Waals surface area contributed by atoms with E-state index in [9.17, 15) is 4.79 Å². The van der Waals surface area contributed by atoms with Crippen LogP contribution < -0.4 is 0 Å². The van der Waals surface area contributed by atoms with Crippen molar-refractivity contribution >= 4 is 11.4 Å². The molecule has 1 atom stereocenters. The number of nitrogens with zero attached hydrogens (tertiary/aromatic N) is 4. The van der Waals surface area contributed by atoms with Gasteiger partial charge in [0.25, 0.3) is 5.91 Å². The number of pyridine rings is 1. The van der Waals surface area contributed by atoms with Gasteiger partial charge in [-0.15, -0.1) is 0 Å². The van der Waals surface area contributed by atoms with Crippen LogP contribution in [0.1, 0.15) is 21.5 Å². The molecule has 2 aromatic heterocycles. The molecule has 0 unspecified atom stereocenters. The molecule has 1 amide bonds. The smallest absolute Gasteiger partial charge is 0.257 e. The van der Waals surface area contributed by atoms with Crippen molar-refractivity contribution in [2.75, 3.05) is 20.6 Å². The Balaban J connectivity index is 1.52. The molecule has 0 fully saturated rings. The van der Waals surface area contributed by atoms with Gasteiger partial charge < -0.3 is 4.90 Å². The first-order valence-corrected chi connectivity index (χ1v) is 8.58. The Bertz CT molecular complexity index is 917. The fourth-order valence-corrected chi connectivity index (χ4v) is 3.63. The lowest BCUT2D eigenvalue weighted by Gasteiger charge is -2.36. The first-order chi connectivity index (χ1) is 12.1. The summed E-state index contributed by atoms with van der Waals surface area (Å²) in [6, 6.07) is 14.7. The van der Waals surface area contributed by atoms with Gasteiger partial charge in [-0.3, -0.25) is 9.69 Å². The standard InChI is InChI=1S/C20H22N4O/c1-22-13-16-8-4-3-7-15(16)11-17(22)14-23(2)20(25)18-12-21-24-10-6-5-9-19(18)24/h3-10,12,17H,11,13-14H2,1-2H3/t17-/m1/s1. The van der Waals surface area contributed by atoms with Crippen LogP contribution in [0.4, 0.5) is 0 Å². The summed E-state index contributed by atoms with van der Waals surface area (Å²) in [5, 5.41) is 4.27. The quantitative estimate of drug-likeness (QED) is 0.739. The summed E-state index contributed by atoms with van der Waals surface area (Å²) in [6.45, 7) is 1.63. The minimum absolute atomic E-state index is 0.0217. The zero-order chi connectivity index (χ0) is 17.4. The van der Waals surface area contributed by atoms with Gasteiger partial charge >= 0.3 is 0 Å². The summed E-state index contributed by atoms with van der Waals surface area (Å²) in [5.74, 6) is 0.0217. The molecule has 5 nitrogen and oxygen atoms in total.